The minimum atomic E-state index is -0.794. The van der Waals surface area contributed by atoms with E-state index in [2.05, 4.69) is 27.3 Å². The molecule has 0 aliphatic rings. The lowest BCUT2D eigenvalue weighted by molar-refractivity contribution is 0.563. The fourth-order valence-corrected chi connectivity index (χ4v) is 1.46. The van der Waals surface area contributed by atoms with Gasteiger partial charge in [0.1, 0.15) is 0 Å². The molecule has 0 aliphatic heterocycles. The predicted molar refractivity (Wildman–Crippen MR) is 70.2 cm³/mol. The maximum Gasteiger partial charge on any atom is 0.217 e. The molecule has 0 saturated carbocycles. The van der Waals surface area contributed by atoms with E-state index < -0.39 is 11.2 Å². The van der Waals surface area contributed by atoms with E-state index in [1.54, 1.807) is 12.3 Å². The van der Waals surface area contributed by atoms with Gasteiger partial charge in [-0.15, -0.1) is 0 Å². The Labute approximate surface area is 107 Å². The number of hydrogen-bond acceptors (Lipinski definition) is 4. The molecule has 0 saturated heterocycles. The molecule has 2 rings (SSSR count). The van der Waals surface area contributed by atoms with E-state index in [1.807, 2.05) is 0 Å². The monoisotopic (exact) mass is 264 g/mol. The number of thiocarbonyl (C=S) groups is 1. The average Bonchev–Trinajstić information content (AvgIpc) is 2.80. The SMILES string of the molecule is O=c1cc[nH]c(Cn2ccc(N=CC=S)n2)c1F. The minimum absolute atomic E-state index is 0.134. The first-order chi connectivity index (χ1) is 8.70. The summed E-state index contributed by atoms with van der Waals surface area (Å²) in [5.41, 5.74) is -0.467. The molecular formula is C11H9FN4OS. The van der Waals surface area contributed by atoms with E-state index in [0.717, 1.165) is 6.07 Å². The van der Waals surface area contributed by atoms with Crippen LogP contribution in [0.2, 0.25) is 0 Å². The predicted octanol–water partition coefficient (Wildman–Crippen LogP) is 1.46. The van der Waals surface area contributed by atoms with Crippen molar-refractivity contribution in [1.29, 1.82) is 0 Å². The molecule has 0 bridgehead atoms. The van der Waals surface area contributed by atoms with Gasteiger partial charge in [-0.05, 0) is 0 Å². The first kappa shape index (κ1) is 12.3. The molecule has 0 amide bonds. The summed E-state index contributed by atoms with van der Waals surface area (Å²) >= 11 is 4.60. The molecule has 18 heavy (non-hydrogen) atoms. The Hall–Kier alpha value is -2.15. The highest BCUT2D eigenvalue weighted by molar-refractivity contribution is 7.80. The number of aromatic nitrogens is 3. The lowest BCUT2D eigenvalue weighted by Gasteiger charge is -2.02. The summed E-state index contributed by atoms with van der Waals surface area (Å²) in [4.78, 5) is 17.7. The van der Waals surface area contributed by atoms with Gasteiger partial charge in [-0.25, -0.2) is 9.38 Å². The zero-order valence-electron chi connectivity index (χ0n) is 9.21. The largest absolute Gasteiger partial charge is 0.361 e. The molecule has 0 aliphatic carbocycles. The van der Waals surface area contributed by atoms with Crippen LogP contribution in [0.3, 0.4) is 0 Å². The highest BCUT2D eigenvalue weighted by atomic mass is 32.1. The molecule has 0 atom stereocenters. The number of aliphatic imine (C=N–C) groups is 1. The molecule has 1 N–H and O–H groups in total. The fraction of sp³-hybridized carbons (Fsp3) is 0.0909. The molecule has 7 heteroatoms. The van der Waals surface area contributed by atoms with Crippen molar-refractivity contribution in [3.05, 3.63) is 46.3 Å². The second kappa shape index (κ2) is 5.46. The van der Waals surface area contributed by atoms with Gasteiger partial charge in [-0.1, -0.05) is 12.2 Å². The highest BCUT2D eigenvalue weighted by Crippen LogP contribution is 2.08. The summed E-state index contributed by atoms with van der Waals surface area (Å²) in [6, 6.07) is 2.80. The number of pyridine rings is 1. The van der Waals surface area contributed by atoms with Crippen LogP contribution < -0.4 is 5.43 Å². The maximum absolute atomic E-state index is 13.5. The lowest BCUT2D eigenvalue weighted by Crippen LogP contribution is -2.13. The van der Waals surface area contributed by atoms with Crippen LogP contribution in [0.25, 0.3) is 0 Å². The van der Waals surface area contributed by atoms with Crippen LogP contribution in [0.15, 0.2) is 34.3 Å². The summed E-state index contributed by atoms with van der Waals surface area (Å²) in [6.45, 7) is 0.134. The van der Waals surface area contributed by atoms with E-state index in [-0.39, 0.29) is 12.2 Å². The first-order valence-electron chi connectivity index (χ1n) is 5.08. The Balaban J connectivity index is 2.21. The smallest absolute Gasteiger partial charge is 0.217 e. The fourth-order valence-electron chi connectivity index (χ4n) is 1.39. The van der Waals surface area contributed by atoms with Gasteiger partial charge in [-0.3, -0.25) is 9.48 Å². The zero-order chi connectivity index (χ0) is 13.0. The minimum Gasteiger partial charge on any atom is -0.361 e. The van der Waals surface area contributed by atoms with Gasteiger partial charge in [0.25, 0.3) is 0 Å². The van der Waals surface area contributed by atoms with Crippen LogP contribution in [0.1, 0.15) is 5.69 Å². The number of nitrogens with zero attached hydrogens (tertiary/aromatic N) is 3. The third-order valence-electron chi connectivity index (χ3n) is 2.19. The average molecular weight is 264 g/mol. The van der Waals surface area contributed by atoms with Gasteiger partial charge in [0, 0.05) is 36.1 Å². The van der Waals surface area contributed by atoms with E-state index in [1.165, 1.54) is 22.5 Å². The van der Waals surface area contributed by atoms with E-state index in [4.69, 9.17) is 0 Å². The summed E-state index contributed by atoms with van der Waals surface area (Å²) in [5, 5.41) is 5.45. The molecule has 2 aromatic rings. The van der Waals surface area contributed by atoms with Gasteiger partial charge in [-0.2, -0.15) is 5.10 Å². The Bertz CT molecular complexity index is 646. The second-order valence-electron chi connectivity index (χ2n) is 3.42. The molecule has 5 nitrogen and oxygen atoms in total. The summed E-state index contributed by atoms with van der Waals surface area (Å²) in [7, 11) is 0. The second-order valence-corrected chi connectivity index (χ2v) is 3.69. The van der Waals surface area contributed by atoms with Crippen LogP contribution in [-0.4, -0.2) is 26.3 Å². The number of hydrogen-bond donors (Lipinski definition) is 1. The van der Waals surface area contributed by atoms with Gasteiger partial charge in [0.2, 0.25) is 5.43 Å². The molecule has 0 aromatic carbocycles. The van der Waals surface area contributed by atoms with Gasteiger partial charge >= 0.3 is 0 Å². The number of H-pyrrole nitrogens is 1. The standard InChI is InChI=1S/C11H9FN4OS/c12-11-8(13-3-1-9(11)17)7-16-5-2-10(15-16)14-4-6-18/h1-6H,7H2,(H,13,17). The Kier molecular flexibility index (Phi) is 3.73. The Morgan fingerprint density at radius 2 is 2.39 bits per heavy atom. The molecule has 0 spiro atoms. The number of aromatic amines is 1. The summed E-state index contributed by atoms with van der Waals surface area (Å²) < 4.78 is 14.9. The van der Waals surface area contributed by atoms with Gasteiger partial charge < -0.3 is 4.98 Å². The van der Waals surface area contributed by atoms with Crippen molar-refractivity contribution in [1.82, 2.24) is 14.8 Å². The molecule has 2 heterocycles. The maximum atomic E-state index is 13.5. The third kappa shape index (κ3) is 2.75. The number of halogens is 1. The highest BCUT2D eigenvalue weighted by Gasteiger charge is 2.07. The van der Waals surface area contributed by atoms with E-state index in [0.29, 0.717) is 5.82 Å². The lowest BCUT2D eigenvalue weighted by atomic mass is 10.3. The Morgan fingerprint density at radius 1 is 1.56 bits per heavy atom. The van der Waals surface area contributed by atoms with Crippen molar-refractivity contribution in [2.45, 2.75) is 6.54 Å². The van der Waals surface area contributed by atoms with Crippen molar-refractivity contribution in [3.8, 4) is 0 Å². The Morgan fingerprint density at radius 3 is 3.17 bits per heavy atom. The molecule has 0 unspecified atom stereocenters. The van der Waals surface area contributed by atoms with Crippen molar-refractivity contribution in [2.75, 3.05) is 0 Å². The normalized spacial score (nSPS) is 10.9. The number of nitrogens with one attached hydrogen (secondary N) is 1. The van der Waals surface area contributed by atoms with Crippen LogP contribution in [0.4, 0.5) is 10.2 Å². The van der Waals surface area contributed by atoms with Gasteiger partial charge in [0.15, 0.2) is 11.6 Å². The molecular weight excluding hydrogens is 255 g/mol. The summed E-state index contributed by atoms with van der Waals surface area (Å²) in [5.74, 6) is -0.327. The summed E-state index contributed by atoms with van der Waals surface area (Å²) in [6.07, 6.45) is 4.48. The van der Waals surface area contributed by atoms with Crippen LogP contribution in [0, 0.1) is 5.82 Å². The van der Waals surface area contributed by atoms with Crippen molar-refractivity contribution in [3.63, 3.8) is 0 Å². The molecule has 0 radical (unpaired) electrons. The zero-order valence-corrected chi connectivity index (χ0v) is 10.0. The van der Waals surface area contributed by atoms with Gasteiger partial charge in [0.05, 0.1) is 12.2 Å². The first-order valence-corrected chi connectivity index (χ1v) is 5.55. The van der Waals surface area contributed by atoms with Crippen LogP contribution >= 0.6 is 12.2 Å². The van der Waals surface area contributed by atoms with Crippen LogP contribution in [-0.2, 0) is 6.54 Å². The van der Waals surface area contributed by atoms with Crippen LogP contribution in [0.5, 0.6) is 0 Å². The molecule has 92 valence electrons. The number of rotatable bonds is 4. The third-order valence-corrected chi connectivity index (χ3v) is 2.31. The molecule has 0 fully saturated rings. The van der Waals surface area contributed by atoms with E-state index >= 15 is 0 Å². The molecule has 2 aromatic heterocycles. The van der Waals surface area contributed by atoms with Crippen molar-refractivity contribution < 1.29 is 4.39 Å². The quantitative estimate of drug-likeness (QED) is 0.671. The van der Waals surface area contributed by atoms with Crippen molar-refractivity contribution >= 4 is 29.6 Å². The van der Waals surface area contributed by atoms with E-state index in [9.17, 15) is 9.18 Å². The topological polar surface area (TPSA) is 63.0 Å². The van der Waals surface area contributed by atoms with Crippen molar-refractivity contribution in [2.24, 2.45) is 4.99 Å².